The average Bonchev–Trinajstić information content (AvgIpc) is 3.17. The minimum absolute atomic E-state index is 0. The number of rotatable bonds is 5. The summed E-state index contributed by atoms with van der Waals surface area (Å²) in [7, 11) is 0. The summed E-state index contributed by atoms with van der Waals surface area (Å²) in [6, 6.07) is 10.4. The molecular formula is C19H26ClN3O2. The van der Waals surface area contributed by atoms with E-state index in [9.17, 15) is 4.79 Å². The summed E-state index contributed by atoms with van der Waals surface area (Å²) < 4.78 is 5.17. The van der Waals surface area contributed by atoms with E-state index in [2.05, 4.69) is 17.3 Å². The molecule has 2 N–H and O–H groups in total. The highest BCUT2D eigenvalue weighted by Crippen LogP contribution is 2.32. The van der Waals surface area contributed by atoms with Crippen molar-refractivity contribution in [2.45, 2.75) is 32.6 Å². The van der Waals surface area contributed by atoms with Gasteiger partial charge in [-0.2, -0.15) is 0 Å². The Morgan fingerprint density at radius 1 is 1.28 bits per heavy atom. The molecular weight excluding hydrogens is 338 g/mol. The summed E-state index contributed by atoms with van der Waals surface area (Å²) in [6.07, 6.45) is 1.17. The number of nitrogens with zero attached hydrogens (tertiary/aromatic N) is 2. The molecule has 1 aromatic carbocycles. The second-order valence-electron chi connectivity index (χ2n) is 6.61. The molecule has 0 saturated carbocycles. The van der Waals surface area contributed by atoms with Crippen LogP contribution in [0.4, 0.5) is 0 Å². The maximum absolute atomic E-state index is 12.6. The number of benzene rings is 1. The molecule has 6 heteroatoms. The third kappa shape index (κ3) is 4.22. The molecule has 0 radical (unpaired) electrons. The molecule has 0 unspecified atom stereocenters. The van der Waals surface area contributed by atoms with Crippen LogP contribution in [0.3, 0.4) is 0 Å². The maximum atomic E-state index is 12.6. The molecule has 3 rings (SSSR count). The zero-order valence-electron chi connectivity index (χ0n) is 14.8. The number of carbonyl (C=O) groups is 1. The SMILES string of the molecule is Cc1noc(C)c1CCC(=O)N1C[C@@H](CN)[C@H](c2ccccc2)C1.Cl. The fraction of sp³-hybridized carbons (Fsp3) is 0.474. The highest BCUT2D eigenvalue weighted by molar-refractivity contribution is 5.85. The van der Waals surface area contributed by atoms with Crippen LogP contribution in [0.15, 0.2) is 34.9 Å². The number of hydrogen-bond acceptors (Lipinski definition) is 4. The minimum atomic E-state index is 0. The van der Waals surface area contributed by atoms with Crippen LogP contribution in [0.25, 0.3) is 0 Å². The van der Waals surface area contributed by atoms with Crippen molar-refractivity contribution in [2.24, 2.45) is 11.7 Å². The van der Waals surface area contributed by atoms with Crippen molar-refractivity contribution in [2.75, 3.05) is 19.6 Å². The van der Waals surface area contributed by atoms with Gasteiger partial charge < -0.3 is 15.2 Å². The normalized spacial score (nSPS) is 19.7. The van der Waals surface area contributed by atoms with E-state index < -0.39 is 0 Å². The van der Waals surface area contributed by atoms with E-state index in [1.807, 2.05) is 36.9 Å². The Morgan fingerprint density at radius 2 is 2.00 bits per heavy atom. The van der Waals surface area contributed by atoms with Crippen molar-refractivity contribution in [3.63, 3.8) is 0 Å². The first kappa shape index (κ1) is 19.5. The number of halogens is 1. The van der Waals surface area contributed by atoms with Crippen molar-refractivity contribution in [3.8, 4) is 0 Å². The van der Waals surface area contributed by atoms with Gasteiger partial charge in [-0.05, 0) is 38.3 Å². The van der Waals surface area contributed by atoms with Crippen molar-refractivity contribution in [1.29, 1.82) is 0 Å². The molecule has 25 heavy (non-hydrogen) atoms. The summed E-state index contributed by atoms with van der Waals surface area (Å²) in [5.74, 6) is 1.66. The van der Waals surface area contributed by atoms with Crippen molar-refractivity contribution >= 4 is 18.3 Å². The van der Waals surface area contributed by atoms with E-state index in [4.69, 9.17) is 10.3 Å². The monoisotopic (exact) mass is 363 g/mol. The summed E-state index contributed by atoms with van der Waals surface area (Å²) in [5, 5.41) is 3.95. The first-order valence-electron chi connectivity index (χ1n) is 8.54. The molecule has 0 aliphatic carbocycles. The molecule has 1 saturated heterocycles. The van der Waals surface area contributed by atoms with E-state index in [1.165, 1.54) is 5.56 Å². The zero-order chi connectivity index (χ0) is 17.1. The van der Waals surface area contributed by atoms with Gasteiger partial charge in [0.1, 0.15) is 5.76 Å². The Hall–Kier alpha value is -1.85. The molecule has 0 spiro atoms. The topological polar surface area (TPSA) is 72.4 Å². The third-order valence-corrected chi connectivity index (χ3v) is 5.09. The number of amides is 1. The summed E-state index contributed by atoms with van der Waals surface area (Å²) in [5.41, 5.74) is 9.16. The molecule has 1 aromatic heterocycles. The van der Waals surface area contributed by atoms with Gasteiger partial charge in [-0.25, -0.2) is 0 Å². The van der Waals surface area contributed by atoms with Gasteiger partial charge in [0.15, 0.2) is 0 Å². The molecule has 0 bridgehead atoms. The van der Waals surface area contributed by atoms with E-state index in [1.54, 1.807) is 0 Å². The quantitative estimate of drug-likeness (QED) is 0.886. The number of aromatic nitrogens is 1. The lowest BCUT2D eigenvalue weighted by Gasteiger charge is -2.17. The number of hydrogen-bond donors (Lipinski definition) is 1. The average molecular weight is 364 g/mol. The van der Waals surface area contributed by atoms with Crippen molar-refractivity contribution < 1.29 is 9.32 Å². The van der Waals surface area contributed by atoms with E-state index in [-0.39, 0.29) is 18.3 Å². The van der Waals surface area contributed by atoms with Crippen LogP contribution in [-0.2, 0) is 11.2 Å². The van der Waals surface area contributed by atoms with Gasteiger partial charge in [0.2, 0.25) is 5.91 Å². The van der Waals surface area contributed by atoms with Gasteiger partial charge in [0, 0.05) is 31.0 Å². The molecule has 1 fully saturated rings. The van der Waals surface area contributed by atoms with Crippen molar-refractivity contribution in [3.05, 3.63) is 52.9 Å². The van der Waals surface area contributed by atoms with Gasteiger partial charge in [-0.15, -0.1) is 12.4 Å². The summed E-state index contributed by atoms with van der Waals surface area (Å²) in [6.45, 7) is 5.92. The lowest BCUT2D eigenvalue weighted by molar-refractivity contribution is -0.130. The Balaban J connectivity index is 0.00000225. The fourth-order valence-electron chi connectivity index (χ4n) is 3.64. The lowest BCUT2D eigenvalue weighted by Crippen LogP contribution is -2.30. The molecule has 2 aromatic rings. The highest BCUT2D eigenvalue weighted by Gasteiger charge is 2.35. The molecule has 1 aliphatic heterocycles. The van der Waals surface area contributed by atoms with E-state index in [0.717, 1.165) is 30.1 Å². The molecule has 2 atom stereocenters. The number of carbonyl (C=O) groups excluding carboxylic acids is 1. The predicted molar refractivity (Wildman–Crippen MR) is 99.9 cm³/mol. The predicted octanol–water partition coefficient (Wildman–Crippen LogP) is 2.85. The summed E-state index contributed by atoms with van der Waals surface area (Å²) >= 11 is 0. The van der Waals surface area contributed by atoms with E-state index in [0.29, 0.717) is 31.2 Å². The van der Waals surface area contributed by atoms with Gasteiger partial charge in [-0.3, -0.25) is 4.79 Å². The van der Waals surface area contributed by atoms with Gasteiger partial charge in [-0.1, -0.05) is 35.5 Å². The van der Waals surface area contributed by atoms with Crippen LogP contribution >= 0.6 is 12.4 Å². The molecule has 1 amide bonds. The smallest absolute Gasteiger partial charge is 0.222 e. The zero-order valence-corrected chi connectivity index (χ0v) is 15.6. The molecule has 1 aliphatic rings. The van der Waals surface area contributed by atoms with E-state index >= 15 is 0 Å². The number of likely N-dealkylation sites (tertiary alicyclic amines) is 1. The largest absolute Gasteiger partial charge is 0.361 e. The number of nitrogens with two attached hydrogens (primary N) is 1. The van der Waals surface area contributed by atoms with Gasteiger partial charge in [0.05, 0.1) is 5.69 Å². The molecule has 5 nitrogen and oxygen atoms in total. The second-order valence-corrected chi connectivity index (χ2v) is 6.61. The first-order valence-corrected chi connectivity index (χ1v) is 8.54. The Bertz CT molecular complexity index is 682. The highest BCUT2D eigenvalue weighted by atomic mass is 35.5. The lowest BCUT2D eigenvalue weighted by atomic mass is 9.89. The van der Waals surface area contributed by atoms with Crippen LogP contribution in [0.5, 0.6) is 0 Å². The maximum Gasteiger partial charge on any atom is 0.222 e. The molecule has 136 valence electrons. The van der Waals surface area contributed by atoms with Crippen molar-refractivity contribution in [1.82, 2.24) is 10.1 Å². The first-order chi connectivity index (χ1) is 11.6. The van der Waals surface area contributed by atoms with Gasteiger partial charge in [0.25, 0.3) is 0 Å². The fourth-order valence-corrected chi connectivity index (χ4v) is 3.64. The van der Waals surface area contributed by atoms with Crippen LogP contribution < -0.4 is 5.73 Å². The van der Waals surface area contributed by atoms with Crippen LogP contribution in [0.1, 0.15) is 34.9 Å². The summed E-state index contributed by atoms with van der Waals surface area (Å²) in [4.78, 5) is 14.6. The third-order valence-electron chi connectivity index (χ3n) is 5.09. The standard InChI is InChI=1S/C19H25N3O2.ClH/c1-13-17(14(2)24-21-13)8-9-19(23)22-11-16(10-20)18(12-22)15-6-4-3-5-7-15;/h3-7,16,18H,8-12,20H2,1-2H3;1H/t16-,18+;/m1./s1. The Labute approximate surface area is 155 Å². The van der Waals surface area contributed by atoms with Crippen LogP contribution in [-0.4, -0.2) is 35.6 Å². The molecule has 2 heterocycles. The van der Waals surface area contributed by atoms with Gasteiger partial charge >= 0.3 is 0 Å². The van der Waals surface area contributed by atoms with Crippen LogP contribution in [0.2, 0.25) is 0 Å². The van der Waals surface area contributed by atoms with Crippen LogP contribution in [0, 0.1) is 19.8 Å². The number of aryl methyl sites for hydroxylation is 2. The Morgan fingerprint density at radius 3 is 2.60 bits per heavy atom. The minimum Gasteiger partial charge on any atom is -0.361 e. The Kier molecular flexibility index (Phi) is 6.62. The second kappa shape index (κ2) is 8.50.